The number of carbonyl (C=O) groups excluding carboxylic acids is 1. The Balaban J connectivity index is 2.90. The molecule has 0 amide bonds. The molecule has 3 nitrogen and oxygen atoms in total. The van der Waals surface area contributed by atoms with Gasteiger partial charge in [0.05, 0.1) is 5.71 Å². The first-order valence-corrected chi connectivity index (χ1v) is 4.30. The van der Waals surface area contributed by atoms with E-state index in [-0.39, 0.29) is 5.78 Å². The van der Waals surface area contributed by atoms with E-state index in [1.54, 1.807) is 25.5 Å². The largest absolute Gasteiger partial charge is 0.295 e. The summed E-state index contributed by atoms with van der Waals surface area (Å²) in [4.78, 5) is 18.8. The first-order valence-electron chi connectivity index (χ1n) is 4.30. The topological polar surface area (TPSA) is 42.3 Å². The molecule has 0 aliphatic rings. The molecule has 0 saturated heterocycles. The molecule has 1 heterocycles. The predicted octanol–water partition coefficient (Wildman–Crippen LogP) is 1.65. The average molecular weight is 188 g/mol. The van der Waals surface area contributed by atoms with Crippen LogP contribution in [0.5, 0.6) is 0 Å². The third-order valence-corrected chi connectivity index (χ3v) is 1.67. The van der Waals surface area contributed by atoms with E-state index in [4.69, 9.17) is 0 Å². The van der Waals surface area contributed by atoms with Crippen LogP contribution in [0.15, 0.2) is 41.7 Å². The number of hydrogen-bond donors (Lipinski definition) is 0. The van der Waals surface area contributed by atoms with Crippen molar-refractivity contribution < 1.29 is 4.79 Å². The van der Waals surface area contributed by atoms with E-state index in [9.17, 15) is 4.79 Å². The van der Waals surface area contributed by atoms with Crippen molar-refractivity contribution in [3.63, 3.8) is 0 Å². The molecule has 0 fully saturated rings. The lowest BCUT2D eigenvalue weighted by atomic mass is 10.1. The minimum Gasteiger partial charge on any atom is -0.295 e. The van der Waals surface area contributed by atoms with E-state index < -0.39 is 0 Å². The van der Waals surface area contributed by atoms with Crippen LogP contribution in [0, 0.1) is 0 Å². The van der Waals surface area contributed by atoms with Gasteiger partial charge in [-0.05, 0) is 31.2 Å². The molecule has 1 aromatic rings. The SMILES string of the molecule is CN=C(/C=C\C(C)=O)c1cccnc1. The quantitative estimate of drug-likeness (QED) is 0.534. The van der Waals surface area contributed by atoms with Crippen LogP contribution in [0.2, 0.25) is 0 Å². The van der Waals surface area contributed by atoms with Gasteiger partial charge in [0.15, 0.2) is 5.78 Å². The molecule has 14 heavy (non-hydrogen) atoms. The van der Waals surface area contributed by atoms with Gasteiger partial charge in [0.25, 0.3) is 0 Å². The van der Waals surface area contributed by atoms with Crippen LogP contribution in [0.25, 0.3) is 0 Å². The zero-order valence-corrected chi connectivity index (χ0v) is 8.27. The van der Waals surface area contributed by atoms with Gasteiger partial charge in [-0.3, -0.25) is 14.8 Å². The molecule has 1 aromatic heterocycles. The fourth-order valence-corrected chi connectivity index (χ4v) is 1.01. The normalized spacial score (nSPS) is 12.0. The van der Waals surface area contributed by atoms with E-state index in [1.165, 1.54) is 13.0 Å². The molecule has 72 valence electrons. The predicted molar refractivity (Wildman–Crippen MR) is 56.5 cm³/mol. The average Bonchev–Trinajstić information content (AvgIpc) is 2.20. The Bertz CT molecular complexity index is 366. The molecule has 0 N–H and O–H groups in total. The Morgan fingerprint density at radius 1 is 1.50 bits per heavy atom. The van der Waals surface area contributed by atoms with Crippen LogP contribution < -0.4 is 0 Å². The second-order valence-electron chi connectivity index (χ2n) is 2.79. The summed E-state index contributed by atoms with van der Waals surface area (Å²) in [6.07, 6.45) is 6.60. The van der Waals surface area contributed by atoms with Crippen LogP contribution in [0.3, 0.4) is 0 Å². The van der Waals surface area contributed by atoms with Crippen molar-refractivity contribution in [2.24, 2.45) is 4.99 Å². The number of rotatable bonds is 3. The lowest BCUT2D eigenvalue weighted by Gasteiger charge is -1.97. The molecule has 0 aliphatic heterocycles. The number of pyridine rings is 1. The highest BCUT2D eigenvalue weighted by Gasteiger charge is 1.97. The van der Waals surface area contributed by atoms with Gasteiger partial charge < -0.3 is 0 Å². The summed E-state index contributed by atoms with van der Waals surface area (Å²) in [5.41, 5.74) is 1.67. The van der Waals surface area contributed by atoms with Gasteiger partial charge in [0, 0.05) is 25.0 Å². The van der Waals surface area contributed by atoms with E-state index in [1.807, 2.05) is 12.1 Å². The highest BCUT2D eigenvalue weighted by Crippen LogP contribution is 2.00. The molecular weight excluding hydrogens is 176 g/mol. The maximum absolute atomic E-state index is 10.7. The Labute approximate surface area is 83.2 Å². The summed E-state index contributed by atoms with van der Waals surface area (Å²) in [6, 6.07) is 3.74. The van der Waals surface area contributed by atoms with Crippen LogP contribution >= 0.6 is 0 Å². The van der Waals surface area contributed by atoms with Gasteiger partial charge in [0.2, 0.25) is 0 Å². The maximum atomic E-state index is 10.7. The highest BCUT2D eigenvalue weighted by molar-refractivity contribution is 6.10. The molecule has 1 rings (SSSR count). The van der Waals surface area contributed by atoms with Gasteiger partial charge >= 0.3 is 0 Å². The first kappa shape index (κ1) is 10.3. The number of ketones is 1. The number of aromatic nitrogens is 1. The molecule has 0 bridgehead atoms. The maximum Gasteiger partial charge on any atom is 0.152 e. The summed E-state index contributed by atoms with van der Waals surface area (Å²) in [5.74, 6) is 0.00930. The van der Waals surface area contributed by atoms with Crippen LogP contribution in [-0.2, 0) is 4.79 Å². The first-order chi connectivity index (χ1) is 6.74. The monoisotopic (exact) mass is 188 g/mol. The third-order valence-electron chi connectivity index (χ3n) is 1.67. The molecular formula is C11H12N2O. The Kier molecular flexibility index (Phi) is 3.73. The number of allylic oxidation sites excluding steroid dienone is 2. The molecule has 0 spiro atoms. The Morgan fingerprint density at radius 3 is 2.79 bits per heavy atom. The molecule has 0 aromatic carbocycles. The van der Waals surface area contributed by atoms with E-state index in [0.717, 1.165) is 11.3 Å². The third kappa shape index (κ3) is 2.94. The molecule has 0 unspecified atom stereocenters. The molecule has 0 saturated carbocycles. The number of hydrogen-bond acceptors (Lipinski definition) is 3. The van der Waals surface area contributed by atoms with Crippen molar-refractivity contribution in [3.05, 3.63) is 42.2 Å². The van der Waals surface area contributed by atoms with Crippen LogP contribution in [0.1, 0.15) is 12.5 Å². The molecule has 0 atom stereocenters. The molecule has 0 radical (unpaired) electrons. The fourth-order valence-electron chi connectivity index (χ4n) is 1.01. The summed E-state index contributed by atoms with van der Waals surface area (Å²) < 4.78 is 0. The van der Waals surface area contributed by atoms with Gasteiger partial charge in [-0.15, -0.1) is 0 Å². The van der Waals surface area contributed by atoms with Gasteiger partial charge in [-0.25, -0.2) is 0 Å². The fraction of sp³-hybridized carbons (Fsp3) is 0.182. The van der Waals surface area contributed by atoms with Crippen LogP contribution in [0.4, 0.5) is 0 Å². The van der Waals surface area contributed by atoms with Crippen molar-refractivity contribution in [2.75, 3.05) is 7.05 Å². The summed E-state index contributed by atoms with van der Waals surface area (Å²) in [5, 5.41) is 0. The van der Waals surface area contributed by atoms with Crippen molar-refractivity contribution >= 4 is 11.5 Å². The van der Waals surface area contributed by atoms with Crippen molar-refractivity contribution in [1.82, 2.24) is 4.98 Å². The zero-order valence-electron chi connectivity index (χ0n) is 8.27. The van der Waals surface area contributed by atoms with Crippen molar-refractivity contribution in [1.29, 1.82) is 0 Å². The summed E-state index contributed by atoms with van der Waals surface area (Å²) >= 11 is 0. The van der Waals surface area contributed by atoms with E-state index >= 15 is 0 Å². The Hall–Kier alpha value is -1.77. The van der Waals surface area contributed by atoms with Gasteiger partial charge in [0.1, 0.15) is 0 Å². The zero-order chi connectivity index (χ0) is 10.4. The second kappa shape index (κ2) is 5.07. The van der Waals surface area contributed by atoms with Crippen LogP contribution in [-0.4, -0.2) is 23.5 Å². The smallest absolute Gasteiger partial charge is 0.152 e. The van der Waals surface area contributed by atoms with Crippen molar-refractivity contribution in [2.45, 2.75) is 6.92 Å². The minimum atomic E-state index is 0.00930. The highest BCUT2D eigenvalue weighted by atomic mass is 16.1. The number of aliphatic imine (C=N–C) groups is 1. The molecule has 0 aliphatic carbocycles. The number of nitrogens with zero attached hydrogens (tertiary/aromatic N) is 2. The van der Waals surface area contributed by atoms with Gasteiger partial charge in [-0.2, -0.15) is 0 Å². The molecule has 3 heteroatoms. The minimum absolute atomic E-state index is 0.00930. The summed E-state index contributed by atoms with van der Waals surface area (Å²) in [7, 11) is 1.69. The lowest BCUT2D eigenvalue weighted by molar-refractivity contribution is -0.112. The summed E-state index contributed by atoms with van der Waals surface area (Å²) in [6.45, 7) is 1.51. The van der Waals surface area contributed by atoms with E-state index in [2.05, 4.69) is 9.98 Å². The van der Waals surface area contributed by atoms with Crippen molar-refractivity contribution in [3.8, 4) is 0 Å². The number of carbonyl (C=O) groups is 1. The Morgan fingerprint density at radius 2 is 2.29 bits per heavy atom. The standard InChI is InChI=1S/C11H12N2O/c1-9(14)5-6-11(12-2)10-4-3-7-13-8-10/h3-8H,1-2H3/b6-5-,12-11?. The second-order valence-corrected chi connectivity index (χ2v) is 2.79. The van der Waals surface area contributed by atoms with Gasteiger partial charge in [-0.1, -0.05) is 0 Å². The lowest BCUT2D eigenvalue weighted by Crippen LogP contribution is -1.97. The van der Waals surface area contributed by atoms with E-state index in [0.29, 0.717) is 0 Å².